The average molecular weight is 421 g/mol. The van der Waals surface area contributed by atoms with Crippen molar-refractivity contribution in [1.29, 1.82) is 0 Å². The van der Waals surface area contributed by atoms with Gasteiger partial charge in [0.25, 0.3) is 0 Å². The maximum atomic E-state index is 13.1. The molecular weight excluding hydrogens is 384 g/mol. The Hall–Kier alpha value is -2.00. The standard InChI is InChI=1S/C21H36N6O3/c22-21(23)26-11-4-8-16(19(29)18(28)15-7-3-10-24-15)27-20(30)17-14-6-2-1-5-13(14)9-12-25-17/h13-17,24-25H,1-12H2,(H,27,30)(H4,22,23,26)/t13?,14?,15-,16-,17?/m0/s1. The molecule has 1 aliphatic carbocycles. The van der Waals surface area contributed by atoms with Crippen LogP contribution in [-0.4, -0.2) is 61.2 Å². The van der Waals surface area contributed by atoms with Crippen LogP contribution in [0.2, 0.25) is 0 Å². The number of hydrogen-bond acceptors (Lipinski definition) is 6. The summed E-state index contributed by atoms with van der Waals surface area (Å²) in [6, 6.07) is -1.57. The van der Waals surface area contributed by atoms with Crippen molar-refractivity contribution in [3.8, 4) is 0 Å². The van der Waals surface area contributed by atoms with Crippen LogP contribution in [-0.2, 0) is 14.4 Å². The molecule has 5 atom stereocenters. The molecule has 0 radical (unpaired) electrons. The van der Waals surface area contributed by atoms with Gasteiger partial charge in [-0.25, -0.2) is 0 Å². The van der Waals surface area contributed by atoms with Crippen molar-refractivity contribution in [3.63, 3.8) is 0 Å². The van der Waals surface area contributed by atoms with E-state index in [4.69, 9.17) is 11.5 Å². The van der Waals surface area contributed by atoms with Crippen molar-refractivity contribution in [2.75, 3.05) is 19.6 Å². The van der Waals surface area contributed by atoms with Gasteiger partial charge in [0.2, 0.25) is 17.5 Å². The lowest BCUT2D eigenvalue weighted by molar-refractivity contribution is -0.140. The van der Waals surface area contributed by atoms with Gasteiger partial charge in [-0.1, -0.05) is 19.3 Å². The van der Waals surface area contributed by atoms with Crippen molar-refractivity contribution < 1.29 is 14.4 Å². The Labute approximate surface area is 178 Å². The van der Waals surface area contributed by atoms with Gasteiger partial charge in [-0.05, 0) is 63.5 Å². The van der Waals surface area contributed by atoms with Gasteiger partial charge in [-0.3, -0.25) is 19.4 Å². The Morgan fingerprint density at radius 2 is 1.80 bits per heavy atom. The zero-order valence-electron chi connectivity index (χ0n) is 17.7. The molecule has 0 bridgehead atoms. The number of carbonyl (C=O) groups excluding carboxylic acids is 3. The number of hydrogen-bond donors (Lipinski definition) is 5. The van der Waals surface area contributed by atoms with Gasteiger partial charge in [0.15, 0.2) is 5.96 Å². The Balaban J connectivity index is 1.65. The third-order valence-electron chi connectivity index (χ3n) is 6.76. The van der Waals surface area contributed by atoms with E-state index in [0.29, 0.717) is 37.6 Å². The Kier molecular flexibility index (Phi) is 8.21. The Bertz CT molecular complexity index is 655. The molecule has 3 unspecified atom stereocenters. The van der Waals surface area contributed by atoms with E-state index >= 15 is 0 Å². The number of rotatable bonds is 9. The summed E-state index contributed by atoms with van der Waals surface area (Å²) in [4.78, 5) is 42.7. The molecule has 9 heteroatoms. The fourth-order valence-corrected chi connectivity index (χ4v) is 5.18. The van der Waals surface area contributed by atoms with E-state index < -0.39 is 23.7 Å². The minimum Gasteiger partial charge on any atom is -0.370 e. The lowest BCUT2D eigenvalue weighted by atomic mass is 9.71. The summed E-state index contributed by atoms with van der Waals surface area (Å²) >= 11 is 0. The normalized spacial score (nSPS) is 29.5. The van der Waals surface area contributed by atoms with Crippen LogP contribution in [0, 0.1) is 11.8 Å². The van der Waals surface area contributed by atoms with Gasteiger partial charge in [0.05, 0.1) is 18.1 Å². The van der Waals surface area contributed by atoms with Gasteiger partial charge >= 0.3 is 0 Å². The molecule has 2 aliphatic heterocycles. The lowest BCUT2D eigenvalue weighted by Crippen LogP contribution is -2.58. The smallest absolute Gasteiger partial charge is 0.238 e. The first-order valence-corrected chi connectivity index (χ1v) is 11.4. The summed E-state index contributed by atoms with van der Waals surface area (Å²) in [6.45, 7) is 1.90. The van der Waals surface area contributed by atoms with E-state index in [1.54, 1.807) is 0 Å². The minimum absolute atomic E-state index is 0.0112. The molecule has 0 spiro atoms. The summed E-state index contributed by atoms with van der Waals surface area (Å²) in [5.74, 6) is -0.273. The molecule has 9 nitrogen and oxygen atoms in total. The molecule has 7 N–H and O–H groups in total. The molecule has 3 fully saturated rings. The van der Waals surface area contributed by atoms with Gasteiger partial charge < -0.3 is 27.4 Å². The van der Waals surface area contributed by atoms with Crippen molar-refractivity contribution in [3.05, 3.63) is 0 Å². The van der Waals surface area contributed by atoms with E-state index in [-0.39, 0.29) is 17.9 Å². The van der Waals surface area contributed by atoms with Crippen molar-refractivity contribution >= 4 is 23.4 Å². The molecule has 0 aromatic heterocycles. The summed E-state index contributed by atoms with van der Waals surface area (Å²) in [7, 11) is 0. The van der Waals surface area contributed by atoms with Crippen LogP contribution >= 0.6 is 0 Å². The molecule has 1 amide bonds. The quantitative estimate of drug-likeness (QED) is 0.147. The number of ketones is 2. The van der Waals surface area contributed by atoms with Gasteiger partial charge in [-0.15, -0.1) is 0 Å². The summed E-state index contributed by atoms with van der Waals surface area (Å²) in [6.07, 6.45) is 8.04. The predicted octanol–water partition coefficient (Wildman–Crippen LogP) is -0.417. The second-order valence-electron chi connectivity index (χ2n) is 8.82. The second kappa shape index (κ2) is 10.9. The first-order valence-electron chi connectivity index (χ1n) is 11.4. The third-order valence-corrected chi connectivity index (χ3v) is 6.76. The number of guanidine groups is 1. The highest BCUT2D eigenvalue weighted by Crippen LogP contribution is 2.36. The first-order chi connectivity index (χ1) is 14.5. The number of nitrogens with one attached hydrogen (secondary N) is 3. The third kappa shape index (κ3) is 5.78. The molecule has 0 aromatic carbocycles. The molecule has 30 heavy (non-hydrogen) atoms. The number of piperidine rings is 1. The van der Waals surface area contributed by atoms with Crippen LogP contribution in [0.3, 0.4) is 0 Å². The van der Waals surface area contributed by atoms with E-state index in [0.717, 1.165) is 38.8 Å². The second-order valence-corrected chi connectivity index (χ2v) is 8.82. The number of nitrogens with two attached hydrogens (primary N) is 2. The zero-order chi connectivity index (χ0) is 21.5. The van der Waals surface area contributed by atoms with Crippen LogP contribution in [0.5, 0.6) is 0 Å². The number of amides is 1. The largest absolute Gasteiger partial charge is 0.370 e. The molecule has 2 saturated heterocycles. The molecule has 2 heterocycles. The Morgan fingerprint density at radius 1 is 1.00 bits per heavy atom. The van der Waals surface area contributed by atoms with Crippen LogP contribution in [0.15, 0.2) is 4.99 Å². The molecular formula is C21H36N6O3. The molecule has 3 rings (SSSR count). The van der Waals surface area contributed by atoms with Gasteiger partial charge in [0.1, 0.15) is 0 Å². The molecule has 0 aromatic rings. The van der Waals surface area contributed by atoms with Crippen LogP contribution < -0.4 is 27.4 Å². The monoisotopic (exact) mass is 420 g/mol. The fraction of sp³-hybridized carbons (Fsp3) is 0.810. The summed E-state index contributed by atoms with van der Waals surface area (Å²) in [5, 5.41) is 9.33. The fourth-order valence-electron chi connectivity index (χ4n) is 5.18. The number of nitrogens with zero attached hydrogens (tertiary/aromatic N) is 1. The van der Waals surface area contributed by atoms with E-state index in [9.17, 15) is 14.4 Å². The molecule has 168 valence electrons. The molecule has 1 saturated carbocycles. The number of carbonyl (C=O) groups is 3. The van der Waals surface area contributed by atoms with Crippen LogP contribution in [0.4, 0.5) is 0 Å². The topological polar surface area (TPSA) is 152 Å². The highest BCUT2D eigenvalue weighted by atomic mass is 16.2. The highest BCUT2D eigenvalue weighted by Gasteiger charge is 2.40. The van der Waals surface area contributed by atoms with E-state index in [1.165, 1.54) is 12.8 Å². The maximum absolute atomic E-state index is 13.1. The zero-order valence-corrected chi connectivity index (χ0v) is 17.7. The summed E-state index contributed by atoms with van der Waals surface area (Å²) < 4.78 is 0. The lowest BCUT2D eigenvalue weighted by Gasteiger charge is -2.41. The van der Waals surface area contributed by atoms with Gasteiger partial charge in [0, 0.05) is 6.54 Å². The van der Waals surface area contributed by atoms with Gasteiger partial charge in [-0.2, -0.15) is 0 Å². The molecule has 3 aliphatic rings. The van der Waals surface area contributed by atoms with Crippen LogP contribution in [0.1, 0.15) is 57.8 Å². The van der Waals surface area contributed by atoms with Crippen molar-refractivity contribution in [2.24, 2.45) is 28.3 Å². The van der Waals surface area contributed by atoms with Crippen molar-refractivity contribution in [1.82, 2.24) is 16.0 Å². The highest BCUT2D eigenvalue weighted by molar-refractivity contribution is 6.41. The predicted molar refractivity (Wildman–Crippen MR) is 115 cm³/mol. The number of Topliss-reactive ketones (excluding diaryl/α,β-unsaturated/α-hetero) is 2. The van der Waals surface area contributed by atoms with E-state index in [2.05, 4.69) is 20.9 Å². The Morgan fingerprint density at radius 3 is 2.53 bits per heavy atom. The SMILES string of the molecule is NC(N)=NCCC[C@H](NC(=O)C1NCCC2CCCCC21)C(=O)C(=O)[C@@H]1CCCN1. The number of aliphatic imine (C=N–C) groups is 1. The first kappa shape index (κ1) is 22.7. The minimum atomic E-state index is -0.840. The summed E-state index contributed by atoms with van der Waals surface area (Å²) in [5.41, 5.74) is 10.7. The number of fused-ring (bicyclic) bond motifs is 1. The maximum Gasteiger partial charge on any atom is 0.238 e. The average Bonchev–Trinajstić information content (AvgIpc) is 3.29. The van der Waals surface area contributed by atoms with E-state index in [1.807, 2.05) is 0 Å². The van der Waals surface area contributed by atoms with Crippen LogP contribution in [0.25, 0.3) is 0 Å². The van der Waals surface area contributed by atoms with Crippen molar-refractivity contribution in [2.45, 2.75) is 75.9 Å².